The van der Waals surface area contributed by atoms with Crippen LogP contribution in [0.15, 0.2) is 0 Å². The zero-order valence-electron chi connectivity index (χ0n) is 15.1. The van der Waals surface area contributed by atoms with Crippen molar-refractivity contribution in [3.05, 3.63) is 0 Å². The molecule has 1 aliphatic heterocycles. The van der Waals surface area contributed by atoms with E-state index < -0.39 is 20.7 Å². The first-order valence-corrected chi connectivity index (χ1v) is 9.95. The fourth-order valence-electron chi connectivity index (χ4n) is 3.07. The lowest BCUT2D eigenvalue weighted by molar-refractivity contribution is -0.121. The van der Waals surface area contributed by atoms with Gasteiger partial charge in [0, 0.05) is 46.4 Å². The molecule has 0 saturated carbocycles. The van der Waals surface area contributed by atoms with Crippen LogP contribution in [0, 0.1) is 0 Å². The first-order chi connectivity index (χ1) is 11.4. The molecule has 0 unspecified atom stereocenters. The second-order valence-corrected chi connectivity index (χ2v) is 8.45. The summed E-state index contributed by atoms with van der Waals surface area (Å²) in [5, 5.41) is 2.96. The summed E-state index contributed by atoms with van der Waals surface area (Å²) in [7, 11) is -0.398. The number of sulfonamides is 1. The molecular weight excluding hydrogens is 332 g/mol. The van der Waals surface area contributed by atoms with Gasteiger partial charge in [0.25, 0.3) is 0 Å². The minimum absolute atomic E-state index is 0.230. The fraction of sp³-hybridized carbons (Fsp3) is 0.933. The molecule has 24 heavy (non-hydrogen) atoms. The Bertz CT molecular complexity index is 490. The van der Waals surface area contributed by atoms with Crippen molar-refractivity contribution in [1.29, 1.82) is 0 Å². The average Bonchev–Trinajstić information content (AvgIpc) is 2.56. The van der Waals surface area contributed by atoms with E-state index in [1.807, 2.05) is 6.92 Å². The number of nitrogens with two attached hydrogens (primary N) is 1. The van der Waals surface area contributed by atoms with E-state index >= 15 is 0 Å². The lowest BCUT2D eigenvalue weighted by Crippen LogP contribution is -2.61. The van der Waals surface area contributed by atoms with Gasteiger partial charge in [-0.2, -0.15) is 4.31 Å². The molecule has 1 heterocycles. The number of hydrogen-bond acceptors (Lipinski definition) is 6. The van der Waals surface area contributed by atoms with Crippen LogP contribution in [0.1, 0.15) is 26.2 Å². The summed E-state index contributed by atoms with van der Waals surface area (Å²) >= 11 is 0. The summed E-state index contributed by atoms with van der Waals surface area (Å²) < 4.78 is 31.4. The smallest absolute Gasteiger partial charge is 0.240 e. The summed E-state index contributed by atoms with van der Waals surface area (Å²) in [5.74, 6) is -0.737. The van der Waals surface area contributed by atoms with E-state index in [0.29, 0.717) is 45.8 Å². The second-order valence-electron chi connectivity index (χ2n) is 6.20. The molecule has 9 heteroatoms. The van der Waals surface area contributed by atoms with E-state index in [2.05, 4.69) is 10.2 Å². The third-order valence-electron chi connectivity index (χ3n) is 4.64. The molecule has 0 radical (unpaired) electrons. The Morgan fingerprint density at radius 3 is 2.42 bits per heavy atom. The maximum atomic E-state index is 13.2. The monoisotopic (exact) mass is 364 g/mol. The molecule has 1 amide bonds. The van der Waals surface area contributed by atoms with Gasteiger partial charge in [0.2, 0.25) is 15.9 Å². The molecular formula is C15H32N4O4S. The van der Waals surface area contributed by atoms with Crippen LogP contribution in [0.4, 0.5) is 0 Å². The lowest BCUT2D eigenvalue weighted by Gasteiger charge is -2.41. The zero-order valence-corrected chi connectivity index (χ0v) is 15.9. The second kappa shape index (κ2) is 9.67. The Morgan fingerprint density at radius 1 is 1.33 bits per heavy atom. The Morgan fingerprint density at radius 2 is 1.96 bits per heavy atom. The summed E-state index contributed by atoms with van der Waals surface area (Å²) in [6, 6.07) is 0. The van der Waals surface area contributed by atoms with Crippen molar-refractivity contribution in [2.24, 2.45) is 5.73 Å². The molecule has 1 fully saturated rings. The first kappa shape index (κ1) is 21.3. The number of likely N-dealkylation sites (N-methyl/N-ethyl adjacent to an activating group) is 1. The molecule has 0 spiro atoms. The van der Waals surface area contributed by atoms with E-state index in [1.165, 1.54) is 4.31 Å². The van der Waals surface area contributed by atoms with Gasteiger partial charge in [-0.3, -0.25) is 4.79 Å². The molecule has 0 aliphatic carbocycles. The summed E-state index contributed by atoms with van der Waals surface area (Å²) in [5.41, 5.74) is 5.59. The number of carbonyl (C=O) groups excluding carboxylic acids is 1. The number of rotatable bonds is 11. The largest absolute Gasteiger partial charge is 0.383 e. The van der Waals surface area contributed by atoms with Gasteiger partial charge in [-0.05, 0) is 26.3 Å². The van der Waals surface area contributed by atoms with Gasteiger partial charge in [0.05, 0.1) is 6.61 Å². The van der Waals surface area contributed by atoms with Crippen molar-refractivity contribution in [2.45, 2.75) is 30.9 Å². The van der Waals surface area contributed by atoms with Gasteiger partial charge < -0.3 is 20.7 Å². The van der Waals surface area contributed by atoms with Gasteiger partial charge in [-0.25, -0.2) is 8.42 Å². The SMILES string of the molecule is CCCN(CCNC)S(=O)(=O)C1(C(N)=O)CCN(CCOC)CC1. The predicted molar refractivity (Wildman–Crippen MR) is 94.2 cm³/mol. The van der Waals surface area contributed by atoms with Crippen molar-refractivity contribution in [2.75, 3.05) is 60.0 Å². The number of ether oxygens (including phenoxy) is 1. The van der Waals surface area contributed by atoms with Crippen molar-refractivity contribution < 1.29 is 17.9 Å². The minimum atomic E-state index is -3.80. The highest BCUT2D eigenvalue weighted by molar-refractivity contribution is 7.91. The number of piperidine rings is 1. The van der Waals surface area contributed by atoms with Crippen LogP contribution in [-0.4, -0.2) is 88.3 Å². The molecule has 0 atom stereocenters. The summed E-state index contributed by atoms with van der Waals surface area (Å²) in [4.78, 5) is 14.3. The Labute approximate surface area is 145 Å². The van der Waals surface area contributed by atoms with E-state index in [0.717, 1.165) is 6.54 Å². The number of primary amides is 1. The van der Waals surface area contributed by atoms with Crippen LogP contribution in [-0.2, 0) is 19.6 Å². The highest BCUT2D eigenvalue weighted by atomic mass is 32.2. The van der Waals surface area contributed by atoms with Gasteiger partial charge >= 0.3 is 0 Å². The Kier molecular flexibility index (Phi) is 8.58. The molecule has 8 nitrogen and oxygen atoms in total. The van der Waals surface area contributed by atoms with Crippen LogP contribution in [0.5, 0.6) is 0 Å². The van der Waals surface area contributed by atoms with Gasteiger partial charge in [-0.1, -0.05) is 6.92 Å². The first-order valence-electron chi connectivity index (χ1n) is 8.51. The molecule has 0 aromatic rings. The molecule has 1 aliphatic rings. The number of methoxy groups -OCH3 is 1. The number of likely N-dealkylation sites (tertiary alicyclic amines) is 1. The molecule has 1 saturated heterocycles. The molecule has 1 rings (SSSR count). The van der Waals surface area contributed by atoms with E-state index in [4.69, 9.17) is 10.5 Å². The van der Waals surface area contributed by atoms with E-state index in [9.17, 15) is 13.2 Å². The van der Waals surface area contributed by atoms with Crippen molar-refractivity contribution >= 4 is 15.9 Å². The lowest BCUT2D eigenvalue weighted by atomic mass is 9.95. The van der Waals surface area contributed by atoms with E-state index in [-0.39, 0.29) is 12.8 Å². The predicted octanol–water partition coefficient (Wildman–Crippen LogP) is -0.786. The number of hydrogen-bond donors (Lipinski definition) is 2. The van der Waals surface area contributed by atoms with E-state index in [1.54, 1.807) is 14.2 Å². The van der Waals surface area contributed by atoms with Crippen molar-refractivity contribution in [3.8, 4) is 0 Å². The Hall–Kier alpha value is -0.740. The highest BCUT2D eigenvalue weighted by Gasteiger charge is 2.53. The van der Waals surface area contributed by atoms with Gasteiger partial charge in [-0.15, -0.1) is 0 Å². The molecule has 0 aromatic carbocycles. The maximum absolute atomic E-state index is 13.2. The summed E-state index contributed by atoms with van der Waals surface area (Å²) in [6.07, 6.45) is 1.15. The number of nitrogens with one attached hydrogen (secondary N) is 1. The van der Waals surface area contributed by atoms with Gasteiger partial charge in [0.15, 0.2) is 4.75 Å². The molecule has 142 valence electrons. The number of carbonyl (C=O) groups is 1. The molecule has 0 aromatic heterocycles. The maximum Gasteiger partial charge on any atom is 0.240 e. The topological polar surface area (TPSA) is 105 Å². The zero-order chi connectivity index (χ0) is 18.2. The van der Waals surface area contributed by atoms with Crippen LogP contribution in [0.3, 0.4) is 0 Å². The highest BCUT2D eigenvalue weighted by Crippen LogP contribution is 2.33. The van der Waals surface area contributed by atoms with Gasteiger partial charge in [0.1, 0.15) is 0 Å². The number of nitrogens with zero attached hydrogens (tertiary/aromatic N) is 2. The third kappa shape index (κ3) is 4.66. The van der Waals surface area contributed by atoms with Crippen molar-refractivity contribution in [3.63, 3.8) is 0 Å². The number of amides is 1. The molecule has 3 N–H and O–H groups in total. The minimum Gasteiger partial charge on any atom is -0.383 e. The van der Waals surface area contributed by atoms with Crippen LogP contribution < -0.4 is 11.1 Å². The Balaban J connectivity index is 2.98. The quantitative estimate of drug-likeness (QED) is 0.498. The third-order valence-corrected chi connectivity index (χ3v) is 7.28. The average molecular weight is 365 g/mol. The van der Waals surface area contributed by atoms with Crippen molar-refractivity contribution in [1.82, 2.24) is 14.5 Å². The summed E-state index contributed by atoms with van der Waals surface area (Å²) in [6.45, 7) is 5.56. The van der Waals surface area contributed by atoms with Crippen LogP contribution >= 0.6 is 0 Å². The van der Waals surface area contributed by atoms with Crippen LogP contribution in [0.2, 0.25) is 0 Å². The normalized spacial score (nSPS) is 18.8. The standard InChI is InChI=1S/C15H32N4O4S/c1-4-8-19(11-7-17-2)24(21,22)15(14(16)20)5-9-18(10-6-15)12-13-23-3/h17H,4-13H2,1-3H3,(H2,16,20). The van der Waals surface area contributed by atoms with Crippen LogP contribution in [0.25, 0.3) is 0 Å². The fourth-order valence-corrected chi connectivity index (χ4v) is 5.28. The molecule has 0 bridgehead atoms.